The van der Waals surface area contributed by atoms with Gasteiger partial charge in [0.05, 0.1) is 12.2 Å². The van der Waals surface area contributed by atoms with Crippen LogP contribution in [0.3, 0.4) is 0 Å². The van der Waals surface area contributed by atoms with Crippen LogP contribution in [0.15, 0.2) is 54.6 Å². The van der Waals surface area contributed by atoms with Crippen molar-refractivity contribution in [2.24, 2.45) is 0 Å². The molecule has 1 unspecified atom stereocenters. The molecule has 2 heterocycles. The van der Waals surface area contributed by atoms with Crippen molar-refractivity contribution in [3.63, 3.8) is 0 Å². The lowest BCUT2D eigenvalue weighted by Crippen LogP contribution is -2.65. The fourth-order valence-electron chi connectivity index (χ4n) is 5.32. The minimum Gasteiger partial charge on any atom is -0.351 e. The van der Waals surface area contributed by atoms with Crippen LogP contribution in [0.1, 0.15) is 67.6 Å². The van der Waals surface area contributed by atoms with Crippen LogP contribution in [-0.2, 0) is 17.8 Å². The third-order valence-electron chi connectivity index (χ3n) is 7.53. The van der Waals surface area contributed by atoms with Crippen molar-refractivity contribution in [1.82, 2.24) is 15.1 Å². The molecule has 6 heteroatoms. The first-order chi connectivity index (χ1) is 16.9. The third kappa shape index (κ3) is 4.38. The molecule has 0 radical (unpaired) electrons. The largest absolute Gasteiger partial charge is 0.351 e. The molecule has 1 atom stereocenters. The second-order valence-corrected chi connectivity index (χ2v) is 10.2. The highest BCUT2D eigenvalue weighted by Crippen LogP contribution is 2.35. The lowest BCUT2D eigenvalue weighted by atomic mass is 9.91. The van der Waals surface area contributed by atoms with Gasteiger partial charge in [-0.15, -0.1) is 0 Å². The number of carbonyl (C=O) groups is 2. The fraction of sp³-hybridized carbons (Fsp3) is 0.414. The van der Waals surface area contributed by atoms with E-state index < -0.39 is 5.54 Å². The molecule has 2 aliphatic rings. The number of hydrogen-bond acceptors (Lipinski definition) is 3. The topological polar surface area (TPSA) is 67.2 Å². The Morgan fingerprint density at radius 2 is 1.74 bits per heavy atom. The molecule has 1 fully saturated rings. The Labute approximate surface area is 207 Å². The Bertz CT molecular complexity index is 1220. The number of aryl methyl sites for hydroxylation is 2. The predicted octanol–water partition coefficient (Wildman–Crippen LogP) is 5.29. The van der Waals surface area contributed by atoms with Gasteiger partial charge in [-0.2, -0.15) is 5.10 Å². The summed E-state index contributed by atoms with van der Waals surface area (Å²) >= 11 is 0. The van der Waals surface area contributed by atoms with Gasteiger partial charge in [0.15, 0.2) is 0 Å². The van der Waals surface area contributed by atoms with Gasteiger partial charge in [0, 0.05) is 17.3 Å². The summed E-state index contributed by atoms with van der Waals surface area (Å²) in [6, 6.07) is 18.1. The summed E-state index contributed by atoms with van der Waals surface area (Å²) in [5, 5.41) is 8.05. The van der Waals surface area contributed by atoms with E-state index in [0.29, 0.717) is 12.2 Å². The van der Waals surface area contributed by atoms with Crippen LogP contribution >= 0.6 is 0 Å². The Morgan fingerprint density at radius 3 is 2.40 bits per heavy atom. The van der Waals surface area contributed by atoms with Gasteiger partial charge >= 0.3 is 0 Å². The van der Waals surface area contributed by atoms with Crippen molar-refractivity contribution in [3.8, 4) is 11.3 Å². The van der Waals surface area contributed by atoms with E-state index in [9.17, 15) is 9.59 Å². The van der Waals surface area contributed by atoms with Gasteiger partial charge in [0.1, 0.15) is 11.2 Å². The van der Waals surface area contributed by atoms with E-state index in [2.05, 4.69) is 24.4 Å². The smallest absolute Gasteiger partial charge is 0.277 e. The van der Waals surface area contributed by atoms with Crippen molar-refractivity contribution in [3.05, 3.63) is 71.4 Å². The highest BCUT2D eigenvalue weighted by Gasteiger charge is 2.49. The SMILES string of the molecule is CCc1ccc(-c2cc3n(n2)CC(C)(C(=O)NC2CCCCC2)N(c2ccc(C)cc2)C3=O)cc1. The minimum atomic E-state index is -1.09. The van der Waals surface area contributed by atoms with Gasteiger partial charge < -0.3 is 5.32 Å². The average Bonchev–Trinajstić information content (AvgIpc) is 3.30. The Balaban J connectivity index is 1.54. The Hall–Kier alpha value is -3.41. The number of aromatic nitrogens is 2. The molecule has 0 bridgehead atoms. The molecule has 0 saturated heterocycles. The Kier molecular flexibility index (Phi) is 6.22. The number of amides is 2. The highest BCUT2D eigenvalue weighted by atomic mass is 16.2. The molecule has 35 heavy (non-hydrogen) atoms. The highest BCUT2D eigenvalue weighted by molar-refractivity contribution is 6.12. The minimum absolute atomic E-state index is 0.117. The van der Waals surface area contributed by atoms with Crippen molar-refractivity contribution in [2.75, 3.05) is 4.90 Å². The molecule has 2 amide bonds. The predicted molar refractivity (Wildman–Crippen MR) is 138 cm³/mol. The number of carbonyl (C=O) groups excluding carboxylic acids is 2. The van der Waals surface area contributed by atoms with Crippen LogP contribution in [-0.4, -0.2) is 33.2 Å². The fourth-order valence-corrected chi connectivity index (χ4v) is 5.32. The second-order valence-electron chi connectivity index (χ2n) is 10.2. The van der Waals surface area contributed by atoms with Crippen LogP contribution in [0.2, 0.25) is 0 Å². The first-order valence-corrected chi connectivity index (χ1v) is 12.8. The molecule has 182 valence electrons. The summed E-state index contributed by atoms with van der Waals surface area (Å²) in [5.41, 5.74) is 4.21. The van der Waals surface area contributed by atoms with E-state index in [1.54, 1.807) is 9.58 Å². The molecule has 1 aliphatic carbocycles. The zero-order valence-corrected chi connectivity index (χ0v) is 20.9. The van der Waals surface area contributed by atoms with Gasteiger partial charge in [0.25, 0.3) is 5.91 Å². The summed E-state index contributed by atoms with van der Waals surface area (Å²) in [5.74, 6) is -0.321. The van der Waals surface area contributed by atoms with Gasteiger partial charge in [-0.05, 0) is 56.9 Å². The number of rotatable bonds is 5. The molecule has 6 nitrogen and oxygen atoms in total. The molecule has 1 saturated carbocycles. The van der Waals surface area contributed by atoms with Crippen molar-refractivity contribution >= 4 is 17.5 Å². The van der Waals surface area contributed by atoms with Gasteiger partial charge in [-0.3, -0.25) is 19.2 Å². The van der Waals surface area contributed by atoms with Crippen LogP contribution < -0.4 is 10.2 Å². The van der Waals surface area contributed by atoms with Gasteiger partial charge in [0.2, 0.25) is 5.91 Å². The van der Waals surface area contributed by atoms with Crippen LogP contribution in [0.4, 0.5) is 5.69 Å². The van der Waals surface area contributed by atoms with E-state index in [1.807, 2.05) is 56.3 Å². The molecule has 5 rings (SSSR count). The molecule has 3 aromatic rings. The molecule has 1 aromatic heterocycles. The standard InChI is InChI=1S/C29H34N4O2/c1-4-21-12-14-22(15-13-21)25-18-26-27(34)33(24-16-10-20(2)11-17-24)29(3,19-32(26)31-25)28(35)30-23-8-6-5-7-9-23/h10-18,23H,4-9,19H2,1-3H3,(H,30,35). The summed E-state index contributed by atoms with van der Waals surface area (Å²) in [6.07, 6.45) is 6.43. The normalized spacial score (nSPS) is 20.5. The summed E-state index contributed by atoms with van der Waals surface area (Å²) < 4.78 is 1.72. The maximum absolute atomic E-state index is 13.9. The molecular formula is C29H34N4O2. The third-order valence-corrected chi connectivity index (χ3v) is 7.53. The average molecular weight is 471 g/mol. The maximum Gasteiger partial charge on any atom is 0.277 e. The lowest BCUT2D eigenvalue weighted by molar-refractivity contribution is -0.127. The van der Waals surface area contributed by atoms with Crippen LogP contribution in [0.5, 0.6) is 0 Å². The second kappa shape index (κ2) is 9.33. The van der Waals surface area contributed by atoms with Crippen LogP contribution in [0.25, 0.3) is 11.3 Å². The summed E-state index contributed by atoms with van der Waals surface area (Å²) in [7, 11) is 0. The van der Waals surface area contributed by atoms with E-state index in [4.69, 9.17) is 5.10 Å². The Morgan fingerprint density at radius 1 is 1.06 bits per heavy atom. The first-order valence-electron chi connectivity index (χ1n) is 12.8. The van der Waals surface area contributed by atoms with E-state index in [1.165, 1.54) is 12.0 Å². The number of hydrogen-bond donors (Lipinski definition) is 1. The number of nitrogens with one attached hydrogen (secondary N) is 1. The maximum atomic E-state index is 13.9. The molecule has 0 spiro atoms. The molecule has 1 N–H and O–H groups in total. The number of nitrogens with zero attached hydrogens (tertiary/aromatic N) is 3. The van der Waals surface area contributed by atoms with Crippen molar-refractivity contribution in [2.45, 2.75) is 77.4 Å². The number of fused-ring (bicyclic) bond motifs is 1. The lowest BCUT2D eigenvalue weighted by Gasteiger charge is -2.44. The molecular weight excluding hydrogens is 436 g/mol. The first kappa shape index (κ1) is 23.3. The quantitative estimate of drug-likeness (QED) is 0.551. The summed E-state index contributed by atoms with van der Waals surface area (Å²) in [4.78, 5) is 29.4. The number of benzene rings is 2. The molecule has 1 aliphatic heterocycles. The zero-order valence-electron chi connectivity index (χ0n) is 20.9. The van der Waals surface area contributed by atoms with Gasteiger partial charge in [-0.1, -0.05) is 68.1 Å². The van der Waals surface area contributed by atoms with Gasteiger partial charge in [-0.25, -0.2) is 0 Å². The number of anilines is 1. The zero-order chi connectivity index (χ0) is 24.6. The van der Waals surface area contributed by atoms with E-state index in [-0.39, 0.29) is 17.9 Å². The van der Waals surface area contributed by atoms with E-state index in [0.717, 1.165) is 54.6 Å². The molecule has 2 aromatic carbocycles. The van der Waals surface area contributed by atoms with E-state index >= 15 is 0 Å². The van der Waals surface area contributed by atoms with Crippen LogP contribution in [0, 0.1) is 6.92 Å². The monoisotopic (exact) mass is 470 g/mol. The van der Waals surface area contributed by atoms with Crippen molar-refractivity contribution < 1.29 is 9.59 Å². The summed E-state index contributed by atoms with van der Waals surface area (Å²) in [6.45, 7) is 6.31. The van der Waals surface area contributed by atoms with Crippen molar-refractivity contribution in [1.29, 1.82) is 0 Å².